The summed E-state index contributed by atoms with van der Waals surface area (Å²) in [6, 6.07) is -0.798. The zero-order valence-electron chi connectivity index (χ0n) is 9.55. The number of carbonyl (C=O) groups excluding carboxylic acids is 1. The molecule has 1 aliphatic rings. The Morgan fingerprint density at radius 1 is 1.47 bits per heavy atom. The van der Waals surface area contributed by atoms with E-state index in [0.29, 0.717) is 6.42 Å². The third kappa shape index (κ3) is 4.59. The third-order valence-electron chi connectivity index (χ3n) is 2.57. The van der Waals surface area contributed by atoms with Crippen molar-refractivity contribution >= 4 is 21.8 Å². The number of carboxylic acids is 1. The first-order valence-corrected chi connectivity index (χ1v) is 7.06. The van der Waals surface area contributed by atoms with E-state index in [0.717, 1.165) is 0 Å². The molecule has 98 valence electrons. The van der Waals surface area contributed by atoms with Gasteiger partial charge in [0.2, 0.25) is 0 Å². The summed E-state index contributed by atoms with van der Waals surface area (Å²) < 4.78 is 22.3. The number of carboxylic acid groups (broad SMARTS) is 1. The molecule has 1 saturated heterocycles. The topological polar surface area (TPSA) is 104 Å². The zero-order valence-corrected chi connectivity index (χ0v) is 10.4. The number of carbonyl (C=O) groups is 2. The molecule has 1 rings (SSSR count). The Labute approximate surface area is 99.7 Å². The molecule has 17 heavy (non-hydrogen) atoms. The van der Waals surface area contributed by atoms with Crippen LogP contribution in [0, 0.1) is 0 Å². The van der Waals surface area contributed by atoms with Crippen LogP contribution >= 0.6 is 0 Å². The summed E-state index contributed by atoms with van der Waals surface area (Å²) >= 11 is 0. The molecule has 0 radical (unpaired) electrons. The van der Waals surface area contributed by atoms with Crippen LogP contribution in [0.4, 0.5) is 4.79 Å². The second-order valence-corrected chi connectivity index (χ2v) is 6.34. The first kappa shape index (κ1) is 13.8. The van der Waals surface area contributed by atoms with Gasteiger partial charge < -0.3 is 15.3 Å². The summed E-state index contributed by atoms with van der Waals surface area (Å²) in [6.07, 6.45) is 0.285. The molecule has 0 aromatic rings. The van der Waals surface area contributed by atoms with Gasteiger partial charge in [-0.1, -0.05) is 0 Å². The van der Waals surface area contributed by atoms with E-state index in [-0.39, 0.29) is 30.5 Å². The minimum absolute atomic E-state index is 0.0362. The maximum atomic E-state index is 11.5. The van der Waals surface area contributed by atoms with Gasteiger partial charge in [-0.05, 0) is 6.42 Å². The van der Waals surface area contributed by atoms with Crippen LogP contribution in [0.1, 0.15) is 12.8 Å². The van der Waals surface area contributed by atoms with Gasteiger partial charge in [-0.15, -0.1) is 0 Å². The number of aliphatic carboxylic acids is 1. The number of rotatable bonds is 4. The fourth-order valence-corrected chi connectivity index (χ4v) is 3.23. The molecule has 0 aromatic heterocycles. The van der Waals surface area contributed by atoms with E-state index in [9.17, 15) is 18.0 Å². The van der Waals surface area contributed by atoms with Gasteiger partial charge >= 0.3 is 12.0 Å². The van der Waals surface area contributed by atoms with Crippen LogP contribution in [-0.4, -0.2) is 61.6 Å². The summed E-state index contributed by atoms with van der Waals surface area (Å²) in [5.41, 5.74) is 0. The summed E-state index contributed by atoms with van der Waals surface area (Å²) in [6.45, 7) is 0.0979. The van der Waals surface area contributed by atoms with Gasteiger partial charge in [0.25, 0.3) is 0 Å². The van der Waals surface area contributed by atoms with Gasteiger partial charge in [0.1, 0.15) is 0 Å². The molecule has 2 amide bonds. The molecule has 1 heterocycles. The average Bonchev–Trinajstić information content (AvgIpc) is 2.54. The highest BCUT2D eigenvalue weighted by Crippen LogP contribution is 2.11. The lowest BCUT2D eigenvalue weighted by Gasteiger charge is -2.19. The molecule has 8 heteroatoms. The number of urea groups is 1. The van der Waals surface area contributed by atoms with Gasteiger partial charge in [-0.2, -0.15) is 0 Å². The van der Waals surface area contributed by atoms with E-state index in [1.54, 1.807) is 0 Å². The largest absolute Gasteiger partial charge is 0.481 e. The lowest BCUT2D eigenvalue weighted by Crippen LogP contribution is -2.44. The highest BCUT2D eigenvalue weighted by Gasteiger charge is 2.29. The summed E-state index contributed by atoms with van der Waals surface area (Å²) in [5, 5.41) is 11.0. The van der Waals surface area contributed by atoms with E-state index in [4.69, 9.17) is 5.11 Å². The van der Waals surface area contributed by atoms with E-state index in [1.807, 2.05) is 0 Å². The SMILES string of the molecule is CN(CCC(=O)O)C(=O)NC1CCS(=O)(=O)C1. The van der Waals surface area contributed by atoms with Crippen molar-refractivity contribution in [1.82, 2.24) is 10.2 Å². The molecule has 1 fully saturated rings. The van der Waals surface area contributed by atoms with E-state index >= 15 is 0 Å². The van der Waals surface area contributed by atoms with E-state index in [1.165, 1.54) is 11.9 Å². The molecule has 0 spiro atoms. The minimum atomic E-state index is -3.02. The maximum Gasteiger partial charge on any atom is 0.317 e. The van der Waals surface area contributed by atoms with Gasteiger partial charge in [-0.25, -0.2) is 13.2 Å². The third-order valence-corrected chi connectivity index (χ3v) is 4.34. The number of nitrogens with zero attached hydrogens (tertiary/aromatic N) is 1. The number of nitrogens with one attached hydrogen (secondary N) is 1. The van der Waals surface area contributed by atoms with Crippen molar-refractivity contribution in [3.05, 3.63) is 0 Å². The number of hydrogen-bond donors (Lipinski definition) is 2. The highest BCUT2D eigenvalue weighted by atomic mass is 32.2. The number of sulfone groups is 1. The molecule has 1 aliphatic heterocycles. The lowest BCUT2D eigenvalue weighted by molar-refractivity contribution is -0.137. The normalized spacial score (nSPS) is 22.1. The van der Waals surface area contributed by atoms with Gasteiger partial charge in [0.05, 0.1) is 17.9 Å². The van der Waals surface area contributed by atoms with Crippen molar-refractivity contribution in [3.8, 4) is 0 Å². The van der Waals surface area contributed by atoms with Gasteiger partial charge in [-0.3, -0.25) is 4.79 Å². The lowest BCUT2D eigenvalue weighted by atomic mass is 10.3. The van der Waals surface area contributed by atoms with Crippen LogP contribution in [0.15, 0.2) is 0 Å². The summed E-state index contributed by atoms with van der Waals surface area (Å²) in [5.74, 6) is -0.921. The van der Waals surface area contributed by atoms with Crippen molar-refractivity contribution in [3.63, 3.8) is 0 Å². The van der Waals surface area contributed by atoms with Crippen LogP contribution in [0.5, 0.6) is 0 Å². The number of hydrogen-bond acceptors (Lipinski definition) is 4. The molecular formula is C9H16N2O5S. The Morgan fingerprint density at radius 2 is 2.12 bits per heavy atom. The molecule has 2 N–H and O–H groups in total. The van der Waals surface area contributed by atoms with Crippen LogP contribution in [0.25, 0.3) is 0 Å². The fourth-order valence-electron chi connectivity index (χ4n) is 1.56. The van der Waals surface area contributed by atoms with Crippen LogP contribution in [0.2, 0.25) is 0 Å². The van der Waals surface area contributed by atoms with Crippen molar-refractivity contribution in [1.29, 1.82) is 0 Å². The Kier molecular flexibility index (Phi) is 4.33. The van der Waals surface area contributed by atoms with Crippen molar-refractivity contribution in [2.75, 3.05) is 25.1 Å². The average molecular weight is 264 g/mol. The molecule has 1 atom stereocenters. The van der Waals surface area contributed by atoms with E-state index in [2.05, 4.69) is 5.32 Å². The Balaban J connectivity index is 2.37. The van der Waals surface area contributed by atoms with Crippen LogP contribution in [0.3, 0.4) is 0 Å². The predicted molar refractivity (Wildman–Crippen MR) is 60.5 cm³/mol. The Morgan fingerprint density at radius 3 is 2.59 bits per heavy atom. The first-order chi connectivity index (χ1) is 7.80. The zero-order chi connectivity index (χ0) is 13.1. The van der Waals surface area contributed by atoms with Crippen LogP contribution < -0.4 is 5.32 Å². The molecule has 0 saturated carbocycles. The Hall–Kier alpha value is -1.31. The van der Waals surface area contributed by atoms with Gasteiger partial charge in [0, 0.05) is 19.6 Å². The second-order valence-electron chi connectivity index (χ2n) is 4.11. The second kappa shape index (κ2) is 5.35. The molecule has 0 aliphatic carbocycles. The Bertz CT molecular complexity index is 406. The monoisotopic (exact) mass is 264 g/mol. The van der Waals surface area contributed by atoms with Crippen molar-refractivity contribution < 1.29 is 23.1 Å². The first-order valence-electron chi connectivity index (χ1n) is 5.24. The minimum Gasteiger partial charge on any atom is -0.481 e. The quantitative estimate of drug-likeness (QED) is 0.698. The highest BCUT2D eigenvalue weighted by molar-refractivity contribution is 7.91. The fraction of sp³-hybridized carbons (Fsp3) is 0.778. The molecule has 7 nitrogen and oxygen atoms in total. The van der Waals surface area contributed by atoms with Crippen molar-refractivity contribution in [2.45, 2.75) is 18.9 Å². The maximum absolute atomic E-state index is 11.5. The molecule has 0 aromatic carbocycles. The van der Waals surface area contributed by atoms with E-state index < -0.39 is 21.8 Å². The summed E-state index contributed by atoms with van der Waals surface area (Å²) in [4.78, 5) is 23.1. The molecule has 0 bridgehead atoms. The number of amides is 2. The molecule has 1 unspecified atom stereocenters. The smallest absolute Gasteiger partial charge is 0.317 e. The van der Waals surface area contributed by atoms with Crippen molar-refractivity contribution in [2.24, 2.45) is 0 Å². The molecular weight excluding hydrogens is 248 g/mol. The standard InChI is InChI=1S/C9H16N2O5S/c1-11(4-2-8(12)13)9(14)10-7-3-5-17(15,16)6-7/h7H,2-6H2,1H3,(H,10,14)(H,12,13). The van der Waals surface area contributed by atoms with Gasteiger partial charge in [0.15, 0.2) is 9.84 Å². The summed E-state index contributed by atoms with van der Waals surface area (Å²) in [7, 11) is -1.55. The van der Waals surface area contributed by atoms with Crippen LogP contribution in [-0.2, 0) is 14.6 Å². The predicted octanol–water partition coefficient (Wildman–Crippen LogP) is -0.710.